The van der Waals surface area contributed by atoms with Crippen molar-refractivity contribution in [3.63, 3.8) is 0 Å². The summed E-state index contributed by atoms with van der Waals surface area (Å²) < 4.78 is 14.3. The van der Waals surface area contributed by atoms with Crippen molar-refractivity contribution in [1.82, 2.24) is 18.8 Å². The number of nitrogens with zero attached hydrogens (tertiary/aromatic N) is 4. The van der Waals surface area contributed by atoms with Crippen LogP contribution >= 0.6 is 7.14 Å². The van der Waals surface area contributed by atoms with Crippen LogP contribution in [0.4, 0.5) is 0 Å². The Hall–Kier alpha value is -1.82. The topological polar surface area (TPSA) is 99.1 Å². The summed E-state index contributed by atoms with van der Waals surface area (Å²) in [6.07, 6.45) is 1.55. The summed E-state index contributed by atoms with van der Waals surface area (Å²) in [7, 11) is -0.762. The van der Waals surface area contributed by atoms with E-state index in [0.29, 0.717) is 4.73 Å². The van der Waals surface area contributed by atoms with Crippen molar-refractivity contribution in [2.24, 2.45) is 7.05 Å². The Morgan fingerprint density at radius 2 is 2.00 bits per heavy atom. The van der Waals surface area contributed by atoms with Crippen molar-refractivity contribution in [3.05, 3.63) is 27.2 Å². The van der Waals surface area contributed by atoms with Gasteiger partial charge in [-0.25, -0.2) is 9.78 Å². The van der Waals surface area contributed by atoms with Crippen LogP contribution in [0.15, 0.2) is 15.9 Å². The van der Waals surface area contributed by atoms with Gasteiger partial charge in [0.25, 0.3) is 5.56 Å². The van der Waals surface area contributed by atoms with E-state index in [9.17, 15) is 19.4 Å². The van der Waals surface area contributed by atoms with Gasteiger partial charge in [-0.1, -0.05) is 0 Å². The van der Waals surface area contributed by atoms with E-state index < -0.39 is 18.4 Å². The van der Waals surface area contributed by atoms with E-state index in [1.165, 1.54) is 10.9 Å². The van der Waals surface area contributed by atoms with Crippen molar-refractivity contribution in [3.8, 4) is 0 Å². The summed E-state index contributed by atoms with van der Waals surface area (Å²) in [6.45, 7) is 3.17. The molecule has 0 spiro atoms. The summed E-state index contributed by atoms with van der Waals surface area (Å²) >= 11 is 0. The number of hydrogen-bond acceptors (Lipinski definition) is 5. The van der Waals surface area contributed by atoms with Crippen LogP contribution in [0.1, 0.15) is 0 Å². The normalized spacial score (nSPS) is 12.2. The molecule has 9 heteroatoms. The average Bonchev–Trinajstić information content (AvgIpc) is 2.67. The first-order chi connectivity index (χ1) is 8.72. The van der Waals surface area contributed by atoms with Gasteiger partial charge in [-0.2, -0.15) is 0 Å². The highest BCUT2D eigenvalue weighted by Gasteiger charge is 2.17. The SMILES string of the molecule is Cn1cnc2c1c(=O)n(CCP(C)(C)=O)c(=O)n2O. The zero-order valence-electron chi connectivity index (χ0n) is 10.9. The number of aryl methyl sites for hydroxylation is 1. The van der Waals surface area contributed by atoms with Crippen molar-refractivity contribution in [2.75, 3.05) is 19.5 Å². The molecule has 19 heavy (non-hydrogen) atoms. The van der Waals surface area contributed by atoms with Gasteiger partial charge in [-0.05, 0) is 13.3 Å². The Balaban J connectivity index is 2.68. The molecular formula is C10H15N4O4P. The number of fused-ring (bicyclic) bond motifs is 1. The van der Waals surface area contributed by atoms with Gasteiger partial charge in [0, 0.05) is 19.8 Å². The summed E-state index contributed by atoms with van der Waals surface area (Å²) in [5.74, 6) is 0. The molecule has 0 aliphatic heterocycles. The van der Waals surface area contributed by atoms with E-state index in [0.717, 1.165) is 4.57 Å². The Bertz CT molecular complexity index is 794. The fraction of sp³-hybridized carbons (Fsp3) is 0.500. The zero-order chi connectivity index (χ0) is 14.4. The monoisotopic (exact) mass is 286 g/mol. The molecule has 2 rings (SSSR count). The van der Waals surface area contributed by atoms with Gasteiger partial charge in [-0.15, -0.1) is 4.73 Å². The van der Waals surface area contributed by atoms with E-state index in [2.05, 4.69) is 4.98 Å². The second kappa shape index (κ2) is 4.38. The summed E-state index contributed by atoms with van der Waals surface area (Å²) in [5, 5.41) is 9.71. The molecule has 0 amide bonds. The molecule has 0 atom stereocenters. The van der Waals surface area contributed by atoms with Gasteiger partial charge < -0.3 is 14.3 Å². The number of imidazole rings is 1. The van der Waals surface area contributed by atoms with E-state index in [4.69, 9.17) is 0 Å². The Morgan fingerprint density at radius 3 is 2.58 bits per heavy atom. The number of aromatic nitrogens is 4. The molecule has 8 nitrogen and oxygen atoms in total. The highest BCUT2D eigenvalue weighted by molar-refractivity contribution is 7.62. The molecule has 0 radical (unpaired) electrons. The molecule has 0 bridgehead atoms. The smallest absolute Gasteiger partial charge is 0.365 e. The van der Waals surface area contributed by atoms with Gasteiger partial charge in [0.15, 0.2) is 5.52 Å². The number of hydrogen-bond donors (Lipinski definition) is 1. The van der Waals surface area contributed by atoms with Gasteiger partial charge in [-0.3, -0.25) is 9.36 Å². The summed E-state index contributed by atoms with van der Waals surface area (Å²) in [5.41, 5.74) is -1.36. The van der Waals surface area contributed by atoms with Crippen molar-refractivity contribution in [1.29, 1.82) is 0 Å². The molecule has 0 saturated carbocycles. The minimum atomic E-state index is -2.36. The highest BCUT2D eigenvalue weighted by atomic mass is 31.2. The highest BCUT2D eigenvalue weighted by Crippen LogP contribution is 2.35. The molecule has 2 aromatic heterocycles. The van der Waals surface area contributed by atoms with Crippen LogP contribution in [0.5, 0.6) is 0 Å². The molecule has 2 aromatic rings. The standard InChI is InChI=1S/C10H15N4O4P/c1-12-6-11-8-7(12)9(15)13(10(16)14(8)17)4-5-19(2,3)18/h6,17H,4-5H2,1-3H3. The van der Waals surface area contributed by atoms with Gasteiger partial charge >= 0.3 is 5.69 Å². The molecule has 0 unspecified atom stereocenters. The second-order valence-corrected chi connectivity index (χ2v) is 8.47. The maximum absolute atomic E-state index is 12.2. The molecule has 1 N–H and O–H groups in total. The van der Waals surface area contributed by atoms with Crippen LogP contribution < -0.4 is 11.2 Å². The molecule has 0 saturated heterocycles. The lowest BCUT2D eigenvalue weighted by molar-refractivity contribution is 0.176. The van der Waals surface area contributed by atoms with Crippen LogP contribution in [0.3, 0.4) is 0 Å². The Labute approximate surface area is 108 Å². The molecular weight excluding hydrogens is 271 g/mol. The summed E-state index contributed by atoms with van der Waals surface area (Å²) in [4.78, 5) is 27.9. The quantitative estimate of drug-likeness (QED) is 0.620. The van der Waals surface area contributed by atoms with E-state index in [1.807, 2.05) is 0 Å². The molecule has 104 valence electrons. The zero-order valence-corrected chi connectivity index (χ0v) is 11.8. The average molecular weight is 286 g/mol. The minimum absolute atomic E-state index is 0.00360. The largest absolute Gasteiger partial charge is 0.422 e. The maximum atomic E-state index is 12.2. The van der Waals surface area contributed by atoms with E-state index in [-0.39, 0.29) is 23.9 Å². The molecule has 0 aliphatic rings. The molecule has 0 aromatic carbocycles. The first-order valence-corrected chi connectivity index (χ1v) is 8.41. The fourth-order valence-electron chi connectivity index (χ4n) is 1.78. The van der Waals surface area contributed by atoms with Crippen LogP contribution in [0.2, 0.25) is 0 Å². The van der Waals surface area contributed by atoms with Crippen LogP contribution in [0, 0.1) is 0 Å². The first-order valence-electron chi connectivity index (χ1n) is 5.62. The molecule has 2 heterocycles. The minimum Gasteiger partial charge on any atom is -0.422 e. The van der Waals surface area contributed by atoms with Crippen molar-refractivity contribution in [2.45, 2.75) is 6.54 Å². The van der Waals surface area contributed by atoms with Crippen LogP contribution in [-0.4, -0.2) is 43.5 Å². The van der Waals surface area contributed by atoms with Gasteiger partial charge in [0.1, 0.15) is 0 Å². The maximum Gasteiger partial charge on any atom is 0.365 e. The second-order valence-electron chi connectivity index (χ2n) is 4.88. The lowest BCUT2D eigenvalue weighted by Crippen LogP contribution is -2.40. The van der Waals surface area contributed by atoms with Crippen molar-refractivity contribution < 1.29 is 9.77 Å². The van der Waals surface area contributed by atoms with Gasteiger partial charge in [0.05, 0.1) is 13.5 Å². The Morgan fingerprint density at radius 1 is 1.37 bits per heavy atom. The Kier molecular flexibility index (Phi) is 3.14. The predicted octanol–water partition coefficient (Wildman–Crippen LogP) is -0.243. The lowest BCUT2D eigenvalue weighted by Gasteiger charge is -2.09. The fourth-order valence-corrected chi connectivity index (χ4v) is 2.46. The first kappa shape index (κ1) is 13.6. The van der Waals surface area contributed by atoms with E-state index >= 15 is 0 Å². The lowest BCUT2D eigenvalue weighted by atomic mass is 10.5. The van der Waals surface area contributed by atoms with E-state index in [1.54, 1.807) is 20.4 Å². The molecule has 0 fully saturated rings. The third-order valence-corrected chi connectivity index (χ3v) is 4.12. The van der Waals surface area contributed by atoms with Crippen LogP contribution in [-0.2, 0) is 18.2 Å². The third-order valence-electron chi connectivity index (χ3n) is 2.84. The predicted molar refractivity (Wildman–Crippen MR) is 70.7 cm³/mol. The molecule has 0 aliphatic carbocycles. The summed E-state index contributed by atoms with van der Waals surface area (Å²) in [6, 6.07) is 0. The van der Waals surface area contributed by atoms with Crippen LogP contribution in [0.25, 0.3) is 11.2 Å². The third kappa shape index (κ3) is 2.35. The number of rotatable bonds is 3. The van der Waals surface area contributed by atoms with Crippen molar-refractivity contribution >= 4 is 18.3 Å². The van der Waals surface area contributed by atoms with Gasteiger partial charge in [0.2, 0.25) is 5.65 Å².